The summed E-state index contributed by atoms with van der Waals surface area (Å²) in [4.78, 5) is 13.4. The van der Waals surface area contributed by atoms with Crippen LogP contribution in [0.1, 0.15) is 106 Å². The fourth-order valence-electron chi connectivity index (χ4n) is 11.2. The summed E-state index contributed by atoms with van der Waals surface area (Å²) in [5.41, 5.74) is 2.68. The van der Waals surface area contributed by atoms with Crippen LogP contribution in [0, 0.1) is 45.3 Å². The molecule has 196 valence electrons. The first-order valence-corrected chi connectivity index (χ1v) is 14.6. The SMILES string of the molecule is CB(O)N[C@@]12CC[C@]3(C)[C@H](CC[C@@H]4[C@@]5(C)CC[C@H](O)C(C)(C)[C@@H]5CC[C@]43C)C1=C(C(C)C)C(=O)C2. The Balaban J connectivity index is 1.60. The number of allylic oxidation sites excluding steroid dienone is 1. The molecule has 0 bridgehead atoms. The maximum Gasteiger partial charge on any atom is 0.374 e. The number of carbonyl (C=O) groups excluding carboxylic acids is 1. The Hall–Kier alpha value is -0.645. The molecule has 0 radical (unpaired) electrons. The molecule has 8 atom stereocenters. The molecule has 0 unspecified atom stereocenters. The minimum atomic E-state index is -0.620. The van der Waals surface area contributed by atoms with E-state index >= 15 is 0 Å². The largest absolute Gasteiger partial charge is 0.437 e. The summed E-state index contributed by atoms with van der Waals surface area (Å²) >= 11 is 0. The quantitative estimate of drug-likeness (QED) is 0.445. The Morgan fingerprint density at radius 1 is 0.914 bits per heavy atom. The number of nitrogens with one attached hydrogen (secondary N) is 1. The Bertz CT molecular complexity index is 942. The highest BCUT2D eigenvalue weighted by molar-refractivity contribution is 6.46. The molecule has 4 fully saturated rings. The van der Waals surface area contributed by atoms with Crippen LogP contribution in [0.4, 0.5) is 0 Å². The van der Waals surface area contributed by atoms with E-state index in [9.17, 15) is 14.9 Å². The maximum atomic E-state index is 13.4. The van der Waals surface area contributed by atoms with Crippen molar-refractivity contribution in [1.82, 2.24) is 5.23 Å². The number of fused-ring (bicyclic) bond motifs is 7. The third-order valence-electron chi connectivity index (χ3n) is 12.9. The second-order valence-corrected chi connectivity index (χ2v) is 15.0. The van der Waals surface area contributed by atoms with Crippen molar-refractivity contribution in [2.75, 3.05) is 0 Å². The van der Waals surface area contributed by atoms with Crippen molar-refractivity contribution in [3.8, 4) is 0 Å². The van der Waals surface area contributed by atoms with Gasteiger partial charge in [0.05, 0.1) is 6.10 Å². The zero-order chi connectivity index (χ0) is 25.8. The summed E-state index contributed by atoms with van der Waals surface area (Å²) in [6, 6.07) is 0. The molecule has 0 spiro atoms. The lowest BCUT2D eigenvalue weighted by atomic mass is 9.33. The van der Waals surface area contributed by atoms with Crippen LogP contribution < -0.4 is 5.23 Å². The lowest BCUT2D eigenvalue weighted by molar-refractivity contribution is -0.226. The van der Waals surface area contributed by atoms with Gasteiger partial charge in [-0.05, 0) is 115 Å². The predicted molar refractivity (Wildman–Crippen MR) is 143 cm³/mol. The average molecular weight is 484 g/mol. The standard InChI is InChI=1S/C30H50BNO3/c1-18(2)24-20(33)17-30(32-31(8)35)16-15-28(6)19(25(24)30)9-10-22-27(5)13-12-23(34)26(3,4)21(27)11-14-29(22,28)7/h18-19,21-23,32,34-35H,9-17H2,1-8H3/t19-,21+,22-,23+,27+,28-,29-,30-/m1/s1. The van der Waals surface area contributed by atoms with Crippen molar-refractivity contribution in [3.05, 3.63) is 11.1 Å². The lowest BCUT2D eigenvalue weighted by Crippen LogP contribution is -2.67. The molecule has 3 N–H and O–H groups in total. The lowest BCUT2D eigenvalue weighted by Gasteiger charge is -2.72. The number of hydrogen-bond donors (Lipinski definition) is 3. The van der Waals surface area contributed by atoms with Gasteiger partial charge in [-0.3, -0.25) is 4.79 Å². The van der Waals surface area contributed by atoms with Crippen molar-refractivity contribution in [2.24, 2.45) is 45.3 Å². The van der Waals surface area contributed by atoms with E-state index in [2.05, 4.69) is 53.7 Å². The fraction of sp³-hybridized carbons (Fsp3) is 0.900. The molecule has 5 rings (SSSR count). The first kappa shape index (κ1) is 26.0. The first-order valence-electron chi connectivity index (χ1n) is 14.6. The van der Waals surface area contributed by atoms with Crippen LogP contribution in [0.25, 0.3) is 0 Å². The van der Waals surface area contributed by atoms with Crippen molar-refractivity contribution in [1.29, 1.82) is 0 Å². The number of Topliss-reactive ketones (excluding diaryl/α,β-unsaturated/α-hetero) is 1. The van der Waals surface area contributed by atoms with Crippen LogP contribution in [0.3, 0.4) is 0 Å². The normalized spacial score (nSPS) is 48.8. The summed E-state index contributed by atoms with van der Waals surface area (Å²) in [6.45, 7) is 18.5. The number of rotatable bonds is 3. The van der Waals surface area contributed by atoms with Gasteiger partial charge in [0.25, 0.3) is 0 Å². The van der Waals surface area contributed by atoms with Gasteiger partial charge in [-0.15, -0.1) is 0 Å². The Morgan fingerprint density at radius 3 is 2.23 bits per heavy atom. The number of hydrogen-bond acceptors (Lipinski definition) is 4. The van der Waals surface area contributed by atoms with Gasteiger partial charge < -0.3 is 15.4 Å². The highest BCUT2D eigenvalue weighted by Crippen LogP contribution is 2.75. The molecule has 5 heteroatoms. The van der Waals surface area contributed by atoms with Crippen molar-refractivity contribution < 1.29 is 14.9 Å². The minimum Gasteiger partial charge on any atom is -0.437 e. The minimum absolute atomic E-state index is 0.0276. The summed E-state index contributed by atoms with van der Waals surface area (Å²) in [5, 5.41) is 24.9. The molecule has 4 saturated carbocycles. The Kier molecular flexibility index (Phi) is 5.89. The van der Waals surface area contributed by atoms with E-state index in [1.54, 1.807) is 6.82 Å². The number of aliphatic hydroxyl groups excluding tert-OH is 1. The number of aliphatic hydroxyl groups is 1. The van der Waals surface area contributed by atoms with Gasteiger partial charge >= 0.3 is 7.05 Å². The van der Waals surface area contributed by atoms with Gasteiger partial charge in [-0.1, -0.05) is 48.5 Å². The van der Waals surface area contributed by atoms with Crippen molar-refractivity contribution >= 4 is 12.8 Å². The summed E-state index contributed by atoms with van der Waals surface area (Å²) in [6.07, 6.45) is 9.20. The van der Waals surface area contributed by atoms with Crippen LogP contribution in [0.5, 0.6) is 0 Å². The van der Waals surface area contributed by atoms with Crippen LogP contribution in [0.15, 0.2) is 11.1 Å². The van der Waals surface area contributed by atoms with Gasteiger partial charge in [0.1, 0.15) is 0 Å². The Morgan fingerprint density at radius 2 is 1.60 bits per heavy atom. The van der Waals surface area contributed by atoms with Crippen LogP contribution >= 0.6 is 0 Å². The van der Waals surface area contributed by atoms with E-state index in [1.165, 1.54) is 24.8 Å². The molecule has 0 aromatic heterocycles. The fourth-order valence-corrected chi connectivity index (χ4v) is 11.2. The smallest absolute Gasteiger partial charge is 0.374 e. The third-order valence-corrected chi connectivity index (χ3v) is 12.9. The molecular weight excluding hydrogens is 433 g/mol. The molecule has 35 heavy (non-hydrogen) atoms. The summed E-state index contributed by atoms with van der Waals surface area (Å²) < 4.78 is 0. The second kappa shape index (κ2) is 7.93. The summed E-state index contributed by atoms with van der Waals surface area (Å²) in [7, 11) is -0.620. The van der Waals surface area contributed by atoms with E-state index in [4.69, 9.17) is 0 Å². The molecule has 0 aromatic carbocycles. The second-order valence-electron chi connectivity index (χ2n) is 15.0. The highest BCUT2D eigenvalue weighted by atomic mass is 16.3. The van der Waals surface area contributed by atoms with Crippen LogP contribution in [-0.2, 0) is 4.79 Å². The van der Waals surface area contributed by atoms with E-state index in [0.29, 0.717) is 30.0 Å². The topological polar surface area (TPSA) is 69.6 Å². The molecule has 0 heterocycles. The highest BCUT2D eigenvalue weighted by Gasteiger charge is 2.69. The molecule has 0 aliphatic heterocycles. The van der Waals surface area contributed by atoms with Crippen molar-refractivity contribution in [2.45, 2.75) is 125 Å². The number of ketones is 1. The molecule has 5 aliphatic rings. The number of carbonyl (C=O) groups is 1. The first-order chi connectivity index (χ1) is 16.1. The average Bonchev–Trinajstić information content (AvgIpc) is 3.03. The van der Waals surface area contributed by atoms with Gasteiger partial charge in [0.15, 0.2) is 5.78 Å². The molecule has 5 aliphatic carbocycles. The van der Waals surface area contributed by atoms with Crippen LogP contribution in [0.2, 0.25) is 6.82 Å². The van der Waals surface area contributed by atoms with Gasteiger partial charge in [0, 0.05) is 12.0 Å². The predicted octanol–water partition coefficient (Wildman–Crippen LogP) is 5.78. The van der Waals surface area contributed by atoms with E-state index in [-0.39, 0.29) is 39.2 Å². The third kappa shape index (κ3) is 3.26. The van der Waals surface area contributed by atoms with E-state index < -0.39 is 7.05 Å². The van der Waals surface area contributed by atoms with E-state index in [0.717, 1.165) is 37.7 Å². The molecule has 0 saturated heterocycles. The van der Waals surface area contributed by atoms with Gasteiger partial charge in [0.2, 0.25) is 0 Å². The van der Waals surface area contributed by atoms with E-state index in [1.807, 2.05) is 0 Å². The Labute approximate surface area is 214 Å². The zero-order valence-electron chi connectivity index (χ0n) is 23.6. The van der Waals surface area contributed by atoms with Crippen molar-refractivity contribution in [3.63, 3.8) is 0 Å². The molecule has 4 nitrogen and oxygen atoms in total. The molecule has 0 aromatic rings. The zero-order valence-corrected chi connectivity index (χ0v) is 23.6. The monoisotopic (exact) mass is 483 g/mol. The molecular formula is C30H50BNO3. The van der Waals surface area contributed by atoms with Gasteiger partial charge in [-0.2, -0.15) is 0 Å². The maximum absolute atomic E-state index is 13.4. The molecule has 0 amide bonds. The summed E-state index contributed by atoms with van der Waals surface area (Å²) in [5.74, 6) is 2.14. The van der Waals surface area contributed by atoms with Crippen LogP contribution in [-0.4, -0.2) is 34.6 Å². The van der Waals surface area contributed by atoms with Gasteiger partial charge in [-0.25, -0.2) is 0 Å².